The average Bonchev–Trinajstić information content (AvgIpc) is 2.63. The van der Waals surface area contributed by atoms with Gasteiger partial charge in [0.2, 0.25) is 0 Å². The van der Waals surface area contributed by atoms with Crippen LogP contribution in [0.2, 0.25) is 5.02 Å². The van der Waals surface area contributed by atoms with Crippen LogP contribution in [-0.2, 0) is 0 Å². The van der Waals surface area contributed by atoms with E-state index < -0.39 is 0 Å². The maximum absolute atomic E-state index is 12.8. The highest BCUT2D eigenvalue weighted by Crippen LogP contribution is 2.59. The maximum Gasteiger partial charge on any atom is 0.252 e. The van der Waals surface area contributed by atoms with E-state index in [9.17, 15) is 4.79 Å². The minimum Gasteiger partial charge on any atom is -0.351 e. The van der Waals surface area contributed by atoms with Gasteiger partial charge in [-0.2, -0.15) is 0 Å². The SMILES string of the molecule is CCNCC#Cc1cc(C(=O)NCC23CC4CC(CC(C4)C2)C3)c(Cl)cn1. The van der Waals surface area contributed by atoms with E-state index >= 15 is 0 Å². The number of nitrogens with one attached hydrogen (secondary N) is 2. The fourth-order valence-corrected chi connectivity index (χ4v) is 6.06. The number of hydrogen-bond acceptors (Lipinski definition) is 3. The van der Waals surface area contributed by atoms with Crippen molar-refractivity contribution in [3.05, 3.63) is 28.5 Å². The Balaban J connectivity index is 1.41. The molecule has 144 valence electrons. The molecular weight excluding hydrogens is 358 g/mol. The van der Waals surface area contributed by atoms with Crippen LogP contribution >= 0.6 is 11.6 Å². The lowest BCUT2D eigenvalue weighted by atomic mass is 9.49. The number of hydrogen-bond donors (Lipinski definition) is 2. The summed E-state index contributed by atoms with van der Waals surface area (Å²) in [6.45, 7) is 4.29. The molecule has 5 heteroatoms. The van der Waals surface area contributed by atoms with Crippen molar-refractivity contribution in [1.29, 1.82) is 0 Å². The van der Waals surface area contributed by atoms with E-state index in [-0.39, 0.29) is 5.91 Å². The average molecular weight is 386 g/mol. The Hall–Kier alpha value is -1.57. The van der Waals surface area contributed by atoms with E-state index in [1.807, 2.05) is 6.92 Å². The van der Waals surface area contributed by atoms with Gasteiger partial charge in [-0.1, -0.05) is 24.4 Å². The van der Waals surface area contributed by atoms with Crippen LogP contribution in [0, 0.1) is 35.0 Å². The molecule has 1 heterocycles. The zero-order chi connectivity index (χ0) is 18.9. The summed E-state index contributed by atoms with van der Waals surface area (Å²) in [5, 5.41) is 6.72. The summed E-state index contributed by atoms with van der Waals surface area (Å²) in [7, 11) is 0. The molecule has 4 fully saturated rings. The van der Waals surface area contributed by atoms with Gasteiger partial charge >= 0.3 is 0 Å². The molecule has 27 heavy (non-hydrogen) atoms. The molecule has 4 nitrogen and oxygen atoms in total. The molecule has 1 amide bonds. The van der Waals surface area contributed by atoms with Crippen molar-refractivity contribution in [3.8, 4) is 11.8 Å². The summed E-state index contributed by atoms with van der Waals surface area (Å²) in [6, 6.07) is 1.70. The molecule has 4 saturated carbocycles. The molecular formula is C22H28ClN3O. The van der Waals surface area contributed by atoms with Gasteiger partial charge in [0, 0.05) is 12.7 Å². The second kappa shape index (κ2) is 7.81. The van der Waals surface area contributed by atoms with Crippen molar-refractivity contribution >= 4 is 17.5 Å². The van der Waals surface area contributed by atoms with Gasteiger partial charge in [0.15, 0.2) is 0 Å². The van der Waals surface area contributed by atoms with Gasteiger partial charge in [-0.25, -0.2) is 4.98 Å². The first kappa shape index (κ1) is 18.8. The molecule has 0 aromatic carbocycles. The molecule has 0 unspecified atom stereocenters. The smallest absolute Gasteiger partial charge is 0.252 e. The molecule has 2 N–H and O–H groups in total. The molecule has 1 aromatic rings. The number of amides is 1. The Morgan fingerprint density at radius 1 is 1.26 bits per heavy atom. The van der Waals surface area contributed by atoms with Gasteiger partial charge in [-0.15, -0.1) is 0 Å². The van der Waals surface area contributed by atoms with E-state index in [4.69, 9.17) is 11.6 Å². The zero-order valence-electron chi connectivity index (χ0n) is 16.0. The fraction of sp³-hybridized carbons (Fsp3) is 0.636. The molecule has 5 rings (SSSR count). The van der Waals surface area contributed by atoms with E-state index in [2.05, 4.69) is 27.5 Å². The number of carbonyl (C=O) groups is 1. The van der Waals surface area contributed by atoms with Gasteiger partial charge in [-0.3, -0.25) is 4.79 Å². The largest absolute Gasteiger partial charge is 0.351 e. The van der Waals surface area contributed by atoms with Crippen LogP contribution in [0.1, 0.15) is 61.5 Å². The second-order valence-electron chi connectivity index (χ2n) is 8.73. The Bertz CT molecular complexity index is 744. The lowest BCUT2D eigenvalue weighted by molar-refractivity contribution is -0.0503. The molecule has 0 aliphatic heterocycles. The highest BCUT2D eigenvalue weighted by molar-refractivity contribution is 6.33. The van der Waals surface area contributed by atoms with Gasteiger partial charge in [0.1, 0.15) is 5.69 Å². The third-order valence-corrected chi connectivity index (χ3v) is 6.87. The van der Waals surface area contributed by atoms with Crippen molar-refractivity contribution in [1.82, 2.24) is 15.6 Å². The fourth-order valence-electron chi connectivity index (χ4n) is 5.87. The lowest BCUT2D eigenvalue weighted by Gasteiger charge is -2.56. The second-order valence-corrected chi connectivity index (χ2v) is 9.14. The molecule has 4 aliphatic carbocycles. The van der Waals surface area contributed by atoms with Crippen molar-refractivity contribution in [2.45, 2.75) is 45.4 Å². The van der Waals surface area contributed by atoms with Crippen LogP contribution in [0.5, 0.6) is 0 Å². The maximum atomic E-state index is 12.8. The first-order chi connectivity index (χ1) is 13.1. The van der Waals surface area contributed by atoms with Crippen LogP contribution in [0.3, 0.4) is 0 Å². The standard InChI is InChI=1S/C22H28ClN3O/c1-2-24-5-3-4-18-9-19(20(23)13-25-18)21(27)26-14-22-10-15-6-16(11-22)8-17(7-15)12-22/h9,13,15-17,24H,2,5-8,10-12,14H2,1H3,(H,26,27). The molecule has 4 bridgehead atoms. The summed E-state index contributed by atoms with van der Waals surface area (Å²) in [5.41, 5.74) is 1.37. The van der Waals surface area contributed by atoms with Gasteiger partial charge < -0.3 is 10.6 Å². The van der Waals surface area contributed by atoms with Crippen molar-refractivity contribution in [2.75, 3.05) is 19.6 Å². The third kappa shape index (κ3) is 4.15. The predicted molar refractivity (Wildman–Crippen MR) is 108 cm³/mol. The van der Waals surface area contributed by atoms with Crippen LogP contribution in [-0.4, -0.2) is 30.5 Å². The van der Waals surface area contributed by atoms with Crippen LogP contribution in [0.25, 0.3) is 0 Å². The molecule has 0 atom stereocenters. The topological polar surface area (TPSA) is 54.0 Å². The summed E-state index contributed by atoms with van der Waals surface area (Å²) < 4.78 is 0. The van der Waals surface area contributed by atoms with Crippen LogP contribution < -0.4 is 10.6 Å². The number of halogens is 1. The highest BCUT2D eigenvalue weighted by Gasteiger charge is 2.50. The predicted octanol–water partition coefficient (Wildman–Crippen LogP) is 3.64. The lowest BCUT2D eigenvalue weighted by Crippen LogP contribution is -2.51. The number of carbonyl (C=O) groups excluding carboxylic acids is 1. The Labute approximate surface area is 166 Å². The highest BCUT2D eigenvalue weighted by atomic mass is 35.5. The van der Waals surface area contributed by atoms with Gasteiger partial charge in [0.25, 0.3) is 5.91 Å². The molecule has 0 spiro atoms. The number of nitrogens with zero attached hydrogens (tertiary/aromatic N) is 1. The molecule has 0 saturated heterocycles. The van der Waals surface area contributed by atoms with E-state index in [1.165, 1.54) is 44.7 Å². The minimum absolute atomic E-state index is 0.104. The minimum atomic E-state index is -0.104. The monoisotopic (exact) mass is 385 g/mol. The number of aromatic nitrogens is 1. The number of pyridine rings is 1. The Morgan fingerprint density at radius 3 is 2.56 bits per heavy atom. The third-order valence-electron chi connectivity index (χ3n) is 6.57. The molecule has 0 radical (unpaired) electrons. The first-order valence-electron chi connectivity index (χ1n) is 10.2. The normalized spacial score (nSPS) is 30.7. The summed E-state index contributed by atoms with van der Waals surface area (Å²) in [6.07, 6.45) is 9.62. The van der Waals surface area contributed by atoms with Crippen molar-refractivity contribution in [3.63, 3.8) is 0 Å². The molecule has 1 aromatic heterocycles. The van der Waals surface area contributed by atoms with E-state index in [1.54, 1.807) is 6.07 Å². The van der Waals surface area contributed by atoms with Gasteiger partial charge in [0.05, 0.1) is 17.1 Å². The first-order valence-corrected chi connectivity index (χ1v) is 10.6. The Kier molecular flexibility index (Phi) is 5.43. The summed E-state index contributed by atoms with van der Waals surface area (Å²) in [4.78, 5) is 17.0. The van der Waals surface area contributed by atoms with Crippen molar-refractivity contribution in [2.24, 2.45) is 23.2 Å². The summed E-state index contributed by atoms with van der Waals surface area (Å²) >= 11 is 6.25. The van der Waals surface area contributed by atoms with Crippen LogP contribution in [0.4, 0.5) is 0 Å². The van der Waals surface area contributed by atoms with Crippen LogP contribution in [0.15, 0.2) is 12.3 Å². The van der Waals surface area contributed by atoms with Gasteiger partial charge in [-0.05, 0) is 80.2 Å². The number of rotatable bonds is 5. The van der Waals surface area contributed by atoms with E-state index in [0.29, 0.717) is 28.2 Å². The summed E-state index contributed by atoms with van der Waals surface area (Å²) in [5.74, 6) is 8.55. The molecule has 4 aliphatic rings. The van der Waals surface area contributed by atoms with Crippen molar-refractivity contribution < 1.29 is 4.79 Å². The zero-order valence-corrected chi connectivity index (χ0v) is 16.7. The quantitative estimate of drug-likeness (QED) is 0.601. The Morgan fingerprint density at radius 2 is 1.93 bits per heavy atom. The van der Waals surface area contributed by atoms with E-state index in [0.717, 1.165) is 30.8 Å².